The zero-order valence-corrected chi connectivity index (χ0v) is 24.4. The normalized spacial score (nSPS) is 11.5. The number of carboxylic acids is 1. The largest absolute Gasteiger partial charge is 0.496 e. The van der Waals surface area contributed by atoms with Crippen LogP contribution in [-0.4, -0.2) is 62.1 Å². The number of halogens is 4. The van der Waals surface area contributed by atoms with E-state index in [4.69, 9.17) is 26.2 Å². The predicted molar refractivity (Wildman–Crippen MR) is 151 cm³/mol. The number of ether oxygens (including phenoxy) is 1. The van der Waals surface area contributed by atoms with Crippen molar-refractivity contribution in [1.29, 1.82) is 0 Å². The molecule has 2 aromatic heterocycles. The number of hydrogen-bond acceptors (Lipinski definition) is 8. The van der Waals surface area contributed by atoms with Gasteiger partial charge in [0.15, 0.2) is 5.82 Å². The van der Waals surface area contributed by atoms with Gasteiger partial charge in [0.1, 0.15) is 9.96 Å². The maximum Gasteiger partial charge on any atom is 0.490 e. The first-order valence-corrected chi connectivity index (χ1v) is 14.5. The summed E-state index contributed by atoms with van der Waals surface area (Å²) in [5, 5.41) is 17.9. The number of carbonyl (C=O) groups is 2. The number of amides is 1. The molecular weight excluding hydrogens is 623 g/mol. The number of carbonyl (C=O) groups excluding carboxylic acids is 1. The summed E-state index contributed by atoms with van der Waals surface area (Å²) in [4.78, 5) is 20.7. The fourth-order valence-electron chi connectivity index (χ4n) is 3.61. The number of nitrogens with zero attached hydrogens (tertiary/aromatic N) is 2. The Kier molecular flexibility index (Phi) is 10.8. The van der Waals surface area contributed by atoms with E-state index < -0.39 is 22.2 Å². The van der Waals surface area contributed by atoms with Crippen molar-refractivity contribution in [1.82, 2.24) is 20.4 Å². The molecule has 42 heavy (non-hydrogen) atoms. The quantitative estimate of drug-likeness (QED) is 0.201. The number of benzene rings is 2. The van der Waals surface area contributed by atoms with Crippen LogP contribution in [0.25, 0.3) is 10.9 Å². The summed E-state index contributed by atoms with van der Waals surface area (Å²) in [6, 6.07) is 16.2. The fraction of sp³-hybridized carbons (Fsp3) is 0.240. The van der Waals surface area contributed by atoms with E-state index >= 15 is 0 Å². The van der Waals surface area contributed by atoms with Gasteiger partial charge in [-0.3, -0.25) is 14.2 Å². The van der Waals surface area contributed by atoms with Crippen LogP contribution in [0.4, 0.5) is 19.0 Å². The highest BCUT2D eigenvalue weighted by Crippen LogP contribution is 2.35. The van der Waals surface area contributed by atoms with Crippen LogP contribution in [0.1, 0.15) is 11.1 Å². The molecule has 11 nitrogen and oxygen atoms in total. The van der Waals surface area contributed by atoms with Gasteiger partial charge < -0.3 is 20.5 Å². The number of hydrogen-bond donors (Lipinski definition) is 4. The molecule has 1 amide bonds. The summed E-state index contributed by atoms with van der Waals surface area (Å²) in [5.74, 6) is -2.19. The van der Waals surface area contributed by atoms with Crippen LogP contribution in [0.3, 0.4) is 0 Å². The number of alkyl halides is 3. The van der Waals surface area contributed by atoms with E-state index in [1.165, 1.54) is 19.2 Å². The molecule has 0 aliphatic rings. The van der Waals surface area contributed by atoms with Gasteiger partial charge in [-0.25, -0.2) is 13.2 Å². The van der Waals surface area contributed by atoms with E-state index in [0.29, 0.717) is 34.1 Å². The van der Waals surface area contributed by atoms with Crippen molar-refractivity contribution >= 4 is 61.6 Å². The Morgan fingerprint density at radius 2 is 1.79 bits per heavy atom. The second kappa shape index (κ2) is 13.9. The van der Waals surface area contributed by atoms with Crippen molar-refractivity contribution in [3.8, 4) is 5.75 Å². The molecule has 0 radical (unpaired) electrons. The topological polar surface area (TPSA) is 152 Å². The lowest BCUT2D eigenvalue weighted by Crippen LogP contribution is -2.31. The zero-order valence-electron chi connectivity index (χ0n) is 22.0. The molecule has 0 aliphatic heterocycles. The Balaban J connectivity index is 0.000000616. The number of fused-ring (bicyclic) bond motifs is 1. The lowest BCUT2D eigenvalue weighted by molar-refractivity contribution is -0.192. The molecule has 4 rings (SSSR count). The minimum atomic E-state index is -5.08. The summed E-state index contributed by atoms with van der Waals surface area (Å²) >= 11 is 6.90. The van der Waals surface area contributed by atoms with Crippen LogP contribution in [-0.2, 0) is 32.7 Å². The van der Waals surface area contributed by atoms with E-state index in [0.717, 1.165) is 22.5 Å². The van der Waals surface area contributed by atoms with E-state index in [-0.39, 0.29) is 22.5 Å². The first-order chi connectivity index (χ1) is 19.7. The fourth-order valence-corrected chi connectivity index (χ4v) is 6.11. The van der Waals surface area contributed by atoms with E-state index in [1.54, 1.807) is 17.8 Å². The molecule has 0 aliphatic carbocycles. The van der Waals surface area contributed by atoms with Crippen molar-refractivity contribution in [2.45, 2.75) is 23.5 Å². The Hall–Kier alpha value is -3.86. The number of carboxylic acid groups (broad SMARTS) is 1. The molecule has 0 bridgehead atoms. The van der Waals surface area contributed by atoms with Crippen molar-refractivity contribution in [3.05, 3.63) is 70.1 Å². The van der Waals surface area contributed by atoms with E-state index in [2.05, 4.69) is 20.5 Å². The summed E-state index contributed by atoms with van der Waals surface area (Å²) in [6.45, 7) is 1.03. The van der Waals surface area contributed by atoms with Crippen LogP contribution < -0.4 is 20.1 Å². The highest BCUT2D eigenvalue weighted by Gasteiger charge is 2.38. The second-order valence-electron chi connectivity index (χ2n) is 8.45. The molecule has 0 fully saturated rings. The number of aliphatic carboxylic acids is 1. The Labute approximate surface area is 247 Å². The highest BCUT2D eigenvalue weighted by atomic mass is 35.5. The van der Waals surface area contributed by atoms with Gasteiger partial charge in [-0.2, -0.15) is 18.3 Å². The van der Waals surface area contributed by atoms with Crippen molar-refractivity contribution in [2.24, 2.45) is 0 Å². The molecule has 2 heterocycles. The first-order valence-electron chi connectivity index (χ1n) is 11.9. The van der Waals surface area contributed by atoms with E-state index in [1.807, 2.05) is 36.4 Å². The van der Waals surface area contributed by atoms with Gasteiger partial charge in [0.25, 0.3) is 10.0 Å². The Morgan fingerprint density at radius 3 is 2.38 bits per heavy atom. The lowest BCUT2D eigenvalue weighted by atomic mass is 10.1. The van der Waals surface area contributed by atoms with Gasteiger partial charge >= 0.3 is 12.1 Å². The second-order valence-corrected chi connectivity index (χ2v) is 12.1. The number of aromatic nitrogens is 2. The number of sulfonamides is 1. The van der Waals surface area contributed by atoms with Crippen LogP contribution >= 0.6 is 22.9 Å². The Morgan fingerprint density at radius 1 is 1.12 bits per heavy atom. The van der Waals surface area contributed by atoms with Crippen LogP contribution in [0.2, 0.25) is 4.34 Å². The van der Waals surface area contributed by atoms with Gasteiger partial charge in [-0.15, -0.1) is 11.3 Å². The van der Waals surface area contributed by atoms with Crippen molar-refractivity contribution < 1.29 is 41.0 Å². The average Bonchev–Trinajstić information content (AvgIpc) is 3.51. The first kappa shape index (κ1) is 32.7. The van der Waals surface area contributed by atoms with Gasteiger partial charge in [0.2, 0.25) is 5.91 Å². The Bertz CT molecular complexity index is 1670. The standard InChI is InChI=1S/C23H24ClN5O4S2.C2HF3O2/c1-25-13-20(30)26-12-15-5-3-6-16(11-15)14-29-17-7-4-8-18(33-2)22(17)23(27-29)28-35(31,32)21-10-9-19(24)34-21;3-2(4,5)1(6)7/h3-11,25H,12-14H2,1-2H3,(H,26,30)(H,27,28);(H,6,7). The molecule has 17 heteroatoms. The molecule has 226 valence electrons. The highest BCUT2D eigenvalue weighted by molar-refractivity contribution is 7.94. The molecule has 0 saturated carbocycles. The number of rotatable bonds is 10. The van der Waals surface area contributed by atoms with Crippen LogP contribution in [0, 0.1) is 0 Å². The molecule has 4 aromatic rings. The van der Waals surface area contributed by atoms with Crippen molar-refractivity contribution in [3.63, 3.8) is 0 Å². The van der Waals surface area contributed by atoms with Gasteiger partial charge in [0, 0.05) is 6.54 Å². The summed E-state index contributed by atoms with van der Waals surface area (Å²) < 4.78 is 67.9. The van der Waals surface area contributed by atoms with Crippen LogP contribution in [0.15, 0.2) is 58.8 Å². The SMILES string of the molecule is CNCC(=O)NCc1cccc(Cn2nc(NS(=O)(=O)c3ccc(Cl)s3)c3c(OC)cccc32)c1.O=C(O)C(F)(F)F. The number of nitrogens with one attached hydrogen (secondary N) is 3. The van der Waals surface area contributed by atoms with E-state index in [9.17, 15) is 26.4 Å². The molecule has 4 N–H and O–H groups in total. The number of anilines is 1. The summed E-state index contributed by atoms with van der Waals surface area (Å²) in [5.41, 5.74) is 2.59. The molecule has 0 spiro atoms. The summed E-state index contributed by atoms with van der Waals surface area (Å²) in [7, 11) is -0.649. The average molecular weight is 648 g/mol. The molecule has 0 unspecified atom stereocenters. The molecular formula is C25H25ClF3N5O6S2. The maximum atomic E-state index is 13.0. The van der Waals surface area contributed by atoms with Gasteiger partial charge in [-0.05, 0) is 42.4 Å². The maximum absolute atomic E-state index is 13.0. The lowest BCUT2D eigenvalue weighted by Gasteiger charge is -2.08. The third kappa shape index (κ3) is 8.58. The summed E-state index contributed by atoms with van der Waals surface area (Å²) in [6.07, 6.45) is -5.08. The number of likely N-dealkylation sites (N-methyl/N-ethyl adjacent to an activating group) is 1. The third-order valence-corrected chi connectivity index (χ3v) is 8.46. The predicted octanol–water partition coefficient (Wildman–Crippen LogP) is 4.08. The smallest absolute Gasteiger partial charge is 0.490 e. The number of methoxy groups -OCH3 is 1. The van der Waals surface area contributed by atoms with Crippen molar-refractivity contribution in [2.75, 3.05) is 25.4 Å². The van der Waals surface area contributed by atoms with Gasteiger partial charge in [-0.1, -0.05) is 41.9 Å². The molecule has 0 atom stereocenters. The number of thiophene rings is 1. The minimum absolute atomic E-state index is 0.0907. The van der Waals surface area contributed by atoms with Crippen LogP contribution in [0.5, 0.6) is 5.75 Å². The molecule has 2 aromatic carbocycles. The molecule has 0 saturated heterocycles. The third-order valence-electron chi connectivity index (χ3n) is 5.40. The minimum Gasteiger partial charge on any atom is -0.496 e. The monoisotopic (exact) mass is 647 g/mol. The van der Waals surface area contributed by atoms with Gasteiger partial charge in [0.05, 0.1) is 35.4 Å². The zero-order chi connectivity index (χ0) is 31.1.